The highest BCUT2D eigenvalue weighted by atomic mass is 35.5. The molecule has 0 N–H and O–H groups in total. The van der Waals surface area contributed by atoms with Crippen LogP contribution in [-0.4, -0.2) is 19.7 Å². The van der Waals surface area contributed by atoms with Gasteiger partial charge in [0.2, 0.25) is 5.89 Å². The molecule has 2 aromatic heterocycles. The number of rotatable bonds is 6. The highest BCUT2D eigenvalue weighted by molar-refractivity contribution is 7.98. The van der Waals surface area contributed by atoms with E-state index in [1.807, 2.05) is 60.7 Å². The van der Waals surface area contributed by atoms with Crippen molar-refractivity contribution >= 4 is 34.3 Å². The van der Waals surface area contributed by atoms with Gasteiger partial charge in [-0.15, -0.1) is 0 Å². The molecule has 2 heterocycles. The van der Waals surface area contributed by atoms with Crippen LogP contribution in [0.5, 0.6) is 0 Å². The second-order valence-corrected chi connectivity index (χ2v) is 8.47. The lowest BCUT2D eigenvalue weighted by Crippen LogP contribution is -2.21. The number of benzene rings is 3. The molecule has 32 heavy (non-hydrogen) atoms. The number of para-hydroxylation sites is 1. The Bertz CT molecular complexity index is 1450. The lowest BCUT2D eigenvalue weighted by molar-refractivity contribution is 0.385. The first-order chi connectivity index (χ1) is 15.7. The van der Waals surface area contributed by atoms with Gasteiger partial charge >= 0.3 is 0 Å². The number of nitrogens with zero attached hydrogens (tertiary/aromatic N) is 4. The molecular weight excluding hydrogens is 444 g/mol. The average Bonchev–Trinajstić information content (AvgIpc) is 3.26. The second-order valence-electron chi connectivity index (χ2n) is 7.09. The van der Waals surface area contributed by atoms with Gasteiger partial charge in [0, 0.05) is 11.4 Å². The molecule has 0 saturated heterocycles. The van der Waals surface area contributed by atoms with E-state index >= 15 is 0 Å². The van der Waals surface area contributed by atoms with E-state index in [-0.39, 0.29) is 5.56 Å². The van der Waals surface area contributed by atoms with E-state index in [0.29, 0.717) is 50.7 Å². The van der Waals surface area contributed by atoms with Crippen LogP contribution in [0.15, 0.2) is 93.3 Å². The molecule has 0 radical (unpaired) electrons. The van der Waals surface area contributed by atoms with Crippen LogP contribution in [-0.2, 0) is 12.2 Å². The maximum absolute atomic E-state index is 13.3. The molecule has 8 heteroatoms. The van der Waals surface area contributed by atoms with E-state index in [2.05, 4.69) is 10.1 Å². The molecule has 0 spiro atoms. The molecule has 158 valence electrons. The minimum atomic E-state index is -0.157. The zero-order valence-electron chi connectivity index (χ0n) is 16.8. The van der Waals surface area contributed by atoms with E-state index in [1.54, 1.807) is 22.8 Å². The van der Waals surface area contributed by atoms with Gasteiger partial charge in [0.05, 0.1) is 22.3 Å². The largest absolute Gasteiger partial charge is 0.338 e. The van der Waals surface area contributed by atoms with Crippen molar-refractivity contribution in [3.8, 4) is 5.69 Å². The highest BCUT2D eigenvalue weighted by Gasteiger charge is 2.15. The smallest absolute Gasteiger partial charge is 0.266 e. The summed E-state index contributed by atoms with van der Waals surface area (Å²) in [5, 5.41) is 5.69. The molecule has 6 nitrogen and oxygen atoms in total. The van der Waals surface area contributed by atoms with Crippen molar-refractivity contribution < 1.29 is 4.52 Å². The molecule has 5 aromatic rings. The van der Waals surface area contributed by atoms with Crippen LogP contribution in [0.4, 0.5) is 0 Å². The minimum Gasteiger partial charge on any atom is -0.338 e. The maximum Gasteiger partial charge on any atom is 0.266 e. The predicted molar refractivity (Wildman–Crippen MR) is 125 cm³/mol. The number of aromatic nitrogens is 4. The molecule has 0 aliphatic heterocycles. The summed E-state index contributed by atoms with van der Waals surface area (Å²) in [4.78, 5) is 22.5. The Morgan fingerprint density at radius 3 is 2.59 bits per heavy atom. The molecule has 0 aliphatic carbocycles. The topological polar surface area (TPSA) is 73.8 Å². The van der Waals surface area contributed by atoms with Gasteiger partial charge in [-0.3, -0.25) is 9.36 Å². The fraction of sp³-hybridized carbons (Fsp3) is 0.0833. The molecule has 0 atom stereocenters. The van der Waals surface area contributed by atoms with Gasteiger partial charge in [0.15, 0.2) is 11.0 Å². The summed E-state index contributed by atoms with van der Waals surface area (Å²) in [7, 11) is 0. The summed E-state index contributed by atoms with van der Waals surface area (Å²) in [5.41, 5.74) is 2.24. The SMILES string of the molecule is O=c1c2ccccc2nc(SCc2nc(Cc3ccccc3)no2)n1-c1cccc(Cl)c1. The monoisotopic (exact) mass is 460 g/mol. The molecule has 3 aromatic carbocycles. The summed E-state index contributed by atoms with van der Waals surface area (Å²) >= 11 is 7.55. The number of fused-ring (bicyclic) bond motifs is 1. The zero-order chi connectivity index (χ0) is 21.9. The first-order valence-corrected chi connectivity index (χ1v) is 11.3. The molecule has 0 fully saturated rings. The molecule has 0 bridgehead atoms. The van der Waals surface area contributed by atoms with Crippen LogP contribution in [0.2, 0.25) is 5.02 Å². The van der Waals surface area contributed by atoms with Gasteiger partial charge in [-0.2, -0.15) is 4.98 Å². The Balaban J connectivity index is 1.46. The summed E-state index contributed by atoms with van der Waals surface area (Å²) in [6.07, 6.45) is 0.594. The molecule has 0 saturated carbocycles. The van der Waals surface area contributed by atoms with Crippen molar-refractivity contribution in [3.63, 3.8) is 0 Å². The fourth-order valence-corrected chi connectivity index (χ4v) is 4.41. The van der Waals surface area contributed by atoms with Gasteiger partial charge in [0.1, 0.15) is 0 Å². The Kier molecular flexibility index (Phi) is 5.75. The normalized spacial score (nSPS) is 11.2. The van der Waals surface area contributed by atoms with Gasteiger partial charge < -0.3 is 4.52 Å². The third-order valence-electron chi connectivity index (χ3n) is 4.85. The Hall–Kier alpha value is -3.42. The predicted octanol–water partition coefficient (Wildman–Crippen LogP) is 5.31. The van der Waals surface area contributed by atoms with Gasteiger partial charge in [-0.1, -0.05) is 77.1 Å². The third kappa shape index (κ3) is 4.30. The number of halogens is 1. The van der Waals surface area contributed by atoms with Gasteiger partial charge in [-0.25, -0.2) is 4.98 Å². The maximum atomic E-state index is 13.3. The van der Waals surface area contributed by atoms with E-state index in [9.17, 15) is 4.79 Å². The molecule has 0 unspecified atom stereocenters. The number of thioether (sulfide) groups is 1. The Morgan fingerprint density at radius 1 is 0.938 bits per heavy atom. The van der Waals surface area contributed by atoms with Crippen LogP contribution < -0.4 is 5.56 Å². The van der Waals surface area contributed by atoms with Crippen LogP contribution in [0.25, 0.3) is 16.6 Å². The van der Waals surface area contributed by atoms with Crippen molar-refractivity contribution in [1.29, 1.82) is 0 Å². The second kappa shape index (κ2) is 8.98. The van der Waals surface area contributed by atoms with Crippen LogP contribution in [0.3, 0.4) is 0 Å². The molecule has 0 amide bonds. The van der Waals surface area contributed by atoms with Crippen LogP contribution in [0.1, 0.15) is 17.3 Å². The Labute approximate surface area is 192 Å². The minimum absolute atomic E-state index is 0.157. The summed E-state index contributed by atoms with van der Waals surface area (Å²) in [6, 6.07) is 24.4. The summed E-state index contributed by atoms with van der Waals surface area (Å²) in [5.74, 6) is 1.47. The van der Waals surface area contributed by atoms with Crippen molar-refractivity contribution in [2.24, 2.45) is 0 Å². The van der Waals surface area contributed by atoms with Crippen molar-refractivity contribution in [2.45, 2.75) is 17.3 Å². The van der Waals surface area contributed by atoms with Crippen LogP contribution >= 0.6 is 23.4 Å². The number of hydrogen-bond acceptors (Lipinski definition) is 6. The first kappa shape index (κ1) is 20.5. The average molecular weight is 461 g/mol. The van der Waals surface area contributed by atoms with E-state index in [4.69, 9.17) is 21.1 Å². The van der Waals surface area contributed by atoms with Gasteiger partial charge in [-0.05, 0) is 35.9 Å². The molecule has 0 aliphatic rings. The summed E-state index contributed by atoms with van der Waals surface area (Å²) in [6.45, 7) is 0. The zero-order valence-corrected chi connectivity index (χ0v) is 18.4. The summed E-state index contributed by atoms with van der Waals surface area (Å²) < 4.78 is 6.99. The third-order valence-corrected chi connectivity index (χ3v) is 6.01. The Morgan fingerprint density at radius 2 is 1.75 bits per heavy atom. The quantitative estimate of drug-likeness (QED) is 0.252. The van der Waals surface area contributed by atoms with Crippen molar-refractivity contribution in [3.05, 3.63) is 112 Å². The number of hydrogen-bond donors (Lipinski definition) is 0. The van der Waals surface area contributed by atoms with Gasteiger partial charge in [0.25, 0.3) is 5.56 Å². The van der Waals surface area contributed by atoms with Crippen LogP contribution in [0, 0.1) is 0 Å². The van der Waals surface area contributed by atoms with Crippen molar-refractivity contribution in [2.75, 3.05) is 0 Å². The first-order valence-electron chi connectivity index (χ1n) is 9.93. The standard InChI is InChI=1S/C24H17ClN4O2S/c25-17-9-6-10-18(14-17)29-23(30)19-11-4-5-12-20(19)26-24(29)32-15-22-27-21(28-31-22)13-16-7-2-1-3-8-16/h1-12,14H,13,15H2. The molecular formula is C24H17ClN4O2S. The van der Waals surface area contributed by atoms with E-state index in [0.717, 1.165) is 5.56 Å². The highest BCUT2D eigenvalue weighted by Crippen LogP contribution is 2.25. The van der Waals surface area contributed by atoms with E-state index < -0.39 is 0 Å². The lowest BCUT2D eigenvalue weighted by Gasteiger charge is -2.12. The fourth-order valence-electron chi connectivity index (χ4n) is 3.38. The van der Waals surface area contributed by atoms with Crippen molar-refractivity contribution in [1.82, 2.24) is 19.7 Å². The lowest BCUT2D eigenvalue weighted by atomic mass is 10.1. The molecule has 5 rings (SSSR count). The van der Waals surface area contributed by atoms with E-state index in [1.165, 1.54) is 11.8 Å².